The minimum atomic E-state index is 0.508. The summed E-state index contributed by atoms with van der Waals surface area (Å²) in [5.41, 5.74) is 0.940. The Morgan fingerprint density at radius 2 is 2.05 bits per heavy atom. The van der Waals surface area contributed by atoms with E-state index in [1.54, 1.807) is 7.11 Å². The molecule has 3 heterocycles. The molecule has 2 aromatic rings. The summed E-state index contributed by atoms with van der Waals surface area (Å²) in [6, 6.07) is 8.86. The number of hydrogen-bond acceptors (Lipinski definition) is 6. The third kappa shape index (κ3) is 2.23. The maximum absolute atomic E-state index is 5.52. The van der Waals surface area contributed by atoms with E-state index in [0.717, 1.165) is 30.3 Å². The maximum Gasteiger partial charge on any atom is 0.324 e. The second kappa shape index (κ2) is 5.28. The molecule has 22 heavy (non-hydrogen) atoms. The van der Waals surface area contributed by atoms with Crippen LogP contribution in [0.15, 0.2) is 28.8 Å². The van der Waals surface area contributed by atoms with E-state index in [0.29, 0.717) is 17.9 Å². The van der Waals surface area contributed by atoms with Crippen LogP contribution < -0.4 is 9.64 Å². The molecule has 6 heteroatoms. The van der Waals surface area contributed by atoms with Gasteiger partial charge in [-0.05, 0) is 43.7 Å². The topological polar surface area (TPSA) is 54.6 Å². The molecular weight excluding hydrogens is 280 g/mol. The molecule has 2 saturated heterocycles. The number of rotatable bonds is 3. The fraction of sp³-hybridized carbons (Fsp3) is 0.500. The molecule has 1 aromatic heterocycles. The number of ether oxygens (including phenoxy) is 1. The van der Waals surface area contributed by atoms with Crippen LogP contribution in [-0.4, -0.2) is 54.9 Å². The first-order valence-corrected chi connectivity index (χ1v) is 7.68. The highest BCUT2D eigenvalue weighted by molar-refractivity contribution is 5.57. The van der Waals surface area contributed by atoms with E-state index in [2.05, 4.69) is 27.0 Å². The van der Waals surface area contributed by atoms with Crippen LogP contribution in [0.3, 0.4) is 0 Å². The number of anilines is 1. The van der Waals surface area contributed by atoms with Crippen LogP contribution in [0.2, 0.25) is 0 Å². The summed E-state index contributed by atoms with van der Waals surface area (Å²) in [6.45, 7) is 3.25. The maximum atomic E-state index is 5.52. The van der Waals surface area contributed by atoms with Gasteiger partial charge in [0.2, 0.25) is 5.82 Å². The van der Waals surface area contributed by atoms with E-state index in [1.165, 1.54) is 13.0 Å². The smallest absolute Gasteiger partial charge is 0.324 e. The molecule has 6 nitrogen and oxygen atoms in total. The molecule has 0 bridgehead atoms. The first-order chi connectivity index (χ1) is 10.7. The largest absolute Gasteiger partial charge is 0.497 e. The zero-order chi connectivity index (χ0) is 15.1. The molecule has 0 saturated carbocycles. The zero-order valence-electron chi connectivity index (χ0n) is 12.9. The van der Waals surface area contributed by atoms with Crippen molar-refractivity contribution >= 4 is 6.01 Å². The Kier molecular flexibility index (Phi) is 3.26. The molecule has 0 amide bonds. The molecule has 0 N–H and O–H groups in total. The monoisotopic (exact) mass is 300 g/mol. The molecule has 0 radical (unpaired) electrons. The van der Waals surface area contributed by atoms with E-state index in [-0.39, 0.29) is 0 Å². The van der Waals surface area contributed by atoms with Crippen molar-refractivity contribution in [2.45, 2.75) is 12.5 Å². The Labute approximate surface area is 129 Å². The van der Waals surface area contributed by atoms with E-state index >= 15 is 0 Å². The normalized spacial score (nSPS) is 24.7. The van der Waals surface area contributed by atoms with Gasteiger partial charge in [0.1, 0.15) is 5.75 Å². The molecule has 2 atom stereocenters. The van der Waals surface area contributed by atoms with Crippen molar-refractivity contribution in [2.24, 2.45) is 5.92 Å². The molecule has 1 aromatic carbocycles. The zero-order valence-corrected chi connectivity index (χ0v) is 12.9. The van der Waals surface area contributed by atoms with Crippen molar-refractivity contribution in [3.05, 3.63) is 24.3 Å². The molecule has 0 unspecified atom stereocenters. The third-order valence-corrected chi connectivity index (χ3v) is 4.74. The van der Waals surface area contributed by atoms with Gasteiger partial charge < -0.3 is 19.1 Å². The summed E-state index contributed by atoms with van der Waals surface area (Å²) < 4.78 is 10.7. The highest BCUT2D eigenvalue weighted by atomic mass is 16.5. The van der Waals surface area contributed by atoms with E-state index in [4.69, 9.17) is 9.26 Å². The summed E-state index contributed by atoms with van der Waals surface area (Å²) in [7, 11) is 3.83. The second-order valence-electron chi connectivity index (χ2n) is 6.16. The predicted molar refractivity (Wildman–Crippen MR) is 83.0 cm³/mol. The van der Waals surface area contributed by atoms with Crippen molar-refractivity contribution in [3.63, 3.8) is 0 Å². The number of hydrogen-bond donors (Lipinski definition) is 0. The molecule has 0 aliphatic carbocycles. The van der Waals surface area contributed by atoms with Crippen LogP contribution in [0.4, 0.5) is 6.01 Å². The Morgan fingerprint density at radius 1 is 1.23 bits per heavy atom. The Bertz CT molecular complexity index is 654. The molecule has 2 aliphatic heterocycles. The summed E-state index contributed by atoms with van der Waals surface area (Å²) >= 11 is 0. The average molecular weight is 300 g/mol. The number of benzene rings is 1. The lowest BCUT2D eigenvalue weighted by molar-refractivity contribution is 0.378. The van der Waals surface area contributed by atoms with Crippen LogP contribution in [0.25, 0.3) is 11.4 Å². The highest BCUT2D eigenvalue weighted by Crippen LogP contribution is 2.34. The van der Waals surface area contributed by atoms with Gasteiger partial charge in [-0.2, -0.15) is 4.98 Å². The van der Waals surface area contributed by atoms with Crippen LogP contribution in [0.5, 0.6) is 5.75 Å². The van der Waals surface area contributed by atoms with Gasteiger partial charge in [-0.15, -0.1) is 0 Å². The minimum Gasteiger partial charge on any atom is -0.497 e. The van der Waals surface area contributed by atoms with Crippen molar-refractivity contribution < 1.29 is 9.26 Å². The Morgan fingerprint density at radius 3 is 2.82 bits per heavy atom. The second-order valence-corrected chi connectivity index (χ2v) is 6.16. The van der Waals surface area contributed by atoms with Crippen molar-refractivity contribution in [1.29, 1.82) is 0 Å². The number of likely N-dealkylation sites (N-methyl/N-ethyl adjacent to an activating group) is 1. The van der Waals surface area contributed by atoms with E-state index in [9.17, 15) is 0 Å². The van der Waals surface area contributed by atoms with Crippen LogP contribution in [0, 0.1) is 5.92 Å². The molecule has 2 fully saturated rings. The van der Waals surface area contributed by atoms with Crippen molar-refractivity contribution in [3.8, 4) is 17.1 Å². The average Bonchev–Trinajstić information content (AvgIpc) is 3.22. The van der Waals surface area contributed by atoms with E-state index < -0.39 is 0 Å². The van der Waals surface area contributed by atoms with Gasteiger partial charge in [0.05, 0.1) is 13.2 Å². The van der Waals surface area contributed by atoms with Crippen LogP contribution >= 0.6 is 0 Å². The first-order valence-electron chi connectivity index (χ1n) is 7.68. The van der Waals surface area contributed by atoms with Crippen LogP contribution in [-0.2, 0) is 0 Å². The summed E-state index contributed by atoms with van der Waals surface area (Å²) in [5.74, 6) is 2.18. The van der Waals surface area contributed by atoms with Gasteiger partial charge in [-0.1, -0.05) is 5.16 Å². The van der Waals surface area contributed by atoms with Crippen molar-refractivity contribution in [1.82, 2.24) is 15.0 Å². The fourth-order valence-corrected chi connectivity index (χ4v) is 3.60. The van der Waals surface area contributed by atoms with Gasteiger partial charge >= 0.3 is 6.01 Å². The standard InChI is InChI=1S/C16H20N4O2/c1-19-9-12-7-8-20(14(12)10-19)16-17-15(18-22-16)11-3-5-13(21-2)6-4-11/h3-6,12,14H,7-10H2,1-2H3/t12-,14+/m1/s1. The first kappa shape index (κ1) is 13.6. The highest BCUT2D eigenvalue weighted by Gasteiger charge is 2.42. The molecule has 4 rings (SSSR count). The quantitative estimate of drug-likeness (QED) is 0.863. The lowest BCUT2D eigenvalue weighted by Gasteiger charge is -2.21. The third-order valence-electron chi connectivity index (χ3n) is 4.74. The van der Waals surface area contributed by atoms with Gasteiger partial charge in [0.25, 0.3) is 0 Å². The summed E-state index contributed by atoms with van der Waals surface area (Å²) in [4.78, 5) is 9.24. The van der Waals surface area contributed by atoms with Gasteiger partial charge in [0, 0.05) is 25.2 Å². The molecule has 116 valence electrons. The lowest BCUT2D eigenvalue weighted by atomic mass is 10.1. The van der Waals surface area contributed by atoms with Gasteiger partial charge in [-0.25, -0.2) is 0 Å². The fourth-order valence-electron chi connectivity index (χ4n) is 3.60. The van der Waals surface area contributed by atoms with E-state index in [1.807, 2.05) is 24.3 Å². The predicted octanol–water partition coefficient (Wildman–Crippen LogP) is 1.89. The van der Waals surface area contributed by atoms with Gasteiger partial charge in [-0.3, -0.25) is 0 Å². The number of methoxy groups -OCH3 is 1. The number of aromatic nitrogens is 2. The minimum absolute atomic E-state index is 0.508. The Hall–Kier alpha value is -2.08. The lowest BCUT2D eigenvalue weighted by Crippen LogP contribution is -2.34. The van der Waals surface area contributed by atoms with Crippen molar-refractivity contribution in [2.75, 3.05) is 38.7 Å². The number of likely N-dealkylation sites (tertiary alicyclic amines) is 1. The molecular formula is C16H20N4O2. The summed E-state index contributed by atoms with van der Waals surface area (Å²) in [6.07, 6.45) is 1.20. The summed E-state index contributed by atoms with van der Waals surface area (Å²) in [5, 5.41) is 4.14. The molecule has 0 spiro atoms. The number of fused-ring (bicyclic) bond motifs is 1. The Balaban J connectivity index is 1.56. The number of nitrogens with zero attached hydrogens (tertiary/aromatic N) is 4. The SMILES string of the molecule is COc1ccc(-c2noc(N3CC[C@@H]4CN(C)C[C@@H]43)n2)cc1. The van der Waals surface area contributed by atoms with Gasteiger partial charge in [0.15, 0.2) is 0 Å². The van der Waals surface area contributed by atoms with Crippen LogP contribution in [0.1, 0.15) is 6.42 Å². The molecule has 2 aliphatic rings.